The normalized spacial score (nSPS) is 16.5. The molecule has 0 spiro atoms. The van der Waals surface area contributed by atoms with E-state index >= 15 is 0 Å². The van der Waals surface area contributed by atoms with Crippen LogP contribution in [-0.2, 0) is 16.0 Å². The van der Waals surface area contributed by atoms with Crippen LogP contribution in [0.25, 0.3) is 0 Å². The zero-order valence-electron chi connectivity index (χ0n) is 14.2. The van der Waals surface area contributed by atoms with Crippen molar-refractivity contribution < 1.29 is 14.4 Å². The van der Waals surface area contributed by atoms with E-state index in [4.69, 9.17) is 11.6 Å². The highest BCUT2D eigenvalue weighted by Gasteiger charge is 2.38. The van der Waals surface area contributed by atoms with Crippen LogP contribution >= 0.6 is 11.6 Å². The maximum atomic E-state index is 12.5. The summed E-state index contributed by atoms with van der Waals surface area (Å²) in [6.07, 6.45) is 0.389. The average Bonchev–Trinajstić information content (AvgIpc) is 2.86. The smallest absolute Gasteiger partial charge is 0.325 e. The Labute approximate surface area is 156 Å². The van der Waals surface area contributed by atoms with Crippen LogP contribution in [0, 0.1) is 6.92 Å². The van der Waals surface area contributed by atoms with Gasteiger partial charge in [0, 0.05) is 17.1 Å². The molecule has 0 aliphatic carbocycles. The van der Waals surface area contributed by atoms with E-state index < -0.39 is 23.9 Å². The van der Waals surface area contributed by atoms with Crippen LogP contribution in [0.5, 0.6) is 0 Å². The number of rotatable bonds is 5. The van der Waals surface area contributed by atoms with Crippen molar-refractivity contribution in [2.75, 3.05) is 11.9 Å². The number of carbonyl (C=O) groups excluding carboxylic acids is 3. The standard InChI is InChI=1S/C19H18ClN3O3/c1-12-9-14(20)7-8-15(12)21-17(24)11-23-18(25)16(22-19(23)26)10-13-5-3-2-4-6-13/h2-9,16H,10-11H2,1H3,(H,21,24)(H,22,26)/t16-/m1/s1. The molecule has 2 aromatic rings. The molecule has 2 N–H and O–H groups in total. The highest BCUT2D eigenvalue weighted by molar-refractivity contribution is 6.30. The molecule has 6 nitrogen and oxygen atoms in total. The van der Waals surface area contributed by atoms with Crippen LogP contribution < -0.4 is 10.6 Å². The molecule has 1 aliphatic rings. The first-order valence-electron chi connectivity index (χ1n) is 8.16. The summed E-state index contributed by atoms with van der Waals surface area (Å²) < 4.78 is 0. The first-order valence-corrected chi connectivity index (χ1v) is 8.53. The number of halogens is 1. The Bertz CT molecular complexity index is 854. The van der Waals surface area contributed by atoms with E-state index in [-0.39, 0.29) is 6.54 Å². The molecule has 2 aromatic carbocycles. The molecule has 1 fully saturated rings. The lowest BCUT2D eigenvalue weighted by atomic mass is 10.1. The number of urea groups is 1. The summed E-state index contributed by atoms with van der Waals surface area (Å²) >= 11 is 5.89. The minimum Gasteiger partial charge on any atom is -0.325 e. The summed E-state index contributed by atoms with van der Waals surface area (Å²) in [7, 11) is 0. The highest BCUT2D eigenvalue weighted by atomic mass is 35.5. The SMILES string of the molecule is Cc1cc(Cl)ccc1NC(=O)CN1C(=O)N[C@H](Cc2ccccc2)C1=O. The van der Waals surface area contributed by atoms with E-state index in [9.17, 15) is 14.4 Å². The number of nitrogens with one attached hydrogen (secondary N) is 2. The molecule has 1 atom stereocenters. The van der Waals surface area contributed by atoms with Crippen molar-refractivity contribution in [1.82, 2.24) is 10.2 Å². The molecule has 134 valence electrons. The number of anilines is 1. The van der Waals surface area contributed by atoms with Crippen molar-refractivity contribution in [3.05, 3.63) is 64.7 Å². The molecule has 7 heteroatoms. The van der Waals surface area contributed by atoms with Crippen molar-refractivity contribution in [1.29, 1.82) is 0 Å². The van der Waals surface area contributed by atoms with Gasteiger partial charge in [-0.25, -0.2) is 4.79 Å². The number of imide groups is 1. The van der Waals surface area contributed by atoms with Crippen LogP contribution in [0.3, 0.4) is 0 Å². The van der Waals surface area contributed by atoms with Crippen LogP contribution in [0.15, 0.2) is 48.5 Å². The largest absolute Gasteiger partial charge is 0.325 e. The number of aryl methyl sites for hydroxylation is 1. The summed E-state index contributed by atoms with van der Waals surface area (Å²) in [5.74, 6) is -0.846. The minimum absolute atomic E-state index is 0.335. The van der Waals surface area contributed by atoms with Crippen LogP contribution in [-0.4, -0.2) is 35.3 Å². The fourth-order valence-corrected chi connectivity index (χ4v) is 3.04. The molecule has 4 amide bonds. The number of hydrogen-bond acceptors (Lipinski definition) is 3. The van der Waals surface area contributed by atoms with E-state index in [1.165, 1.54) is 0 Å². The van der Waals surface area contributed by atoms with Gasteiger partial charge in [0.2, 0.25) is 5.91 Å². The molecule has 1 aliphatic heterocycles. The summed E-state index contributed by atoms with van der Waals surface area (Å²) in [6, 6.07) is 13.2. The lowest BCUT2D eigenvalue weighted by Gasteiger charge is -2.14. The molecular weight excluding hydrogens is 354 g/mol. The summed E-state index contributed by atoms with van der Waals surface area (Å²) in [5, 5.41) is 5.90. The van der Waals surface area contributed by atoms with Gasteiger partial charge in [0.25, 0.3) is 5.91 Å². The quantitative estimate of drug-likeness (QED) is 0.793. The van der Waals surface area contributed by atoms with Crippen LogP contribution in [0.2, 0.25) is 5.02 Å². The zero-order chi connectivity index (χ0) is 18.7. The van der Waals surface area contributed by atoms with Gasteiger partial charge in [-0.05, 0) is 36.2 Å². The molecule has 26 heavy (non-hydrogen) atoms. The Kier molecular flexibility index (Phi) is 5.23. The van der Waals surface area contributed by atoms with Crippen molar-refractivity contribution in [2.45, 2.75) is 19.4 Å². The van der Waals surface area contributed by atoms with Gasteiger partial charge in [0.15, 0.2) is 0 Å². The number of carbonyl (C=O) groups is 3. The van der Waals surface area contributed by atoms with Crippen molar-refractivity contribution in [3.63, 3.8) is 0 Å². The molecule has 1 heterocycles. The first kappa shape index (κ1) is 17.9. The molecule has 0 unspecified atom stereocenters. The average molecular weight is 372 g/mol. The third-order valence-electron chi connectivity index (χ3n) is 4.15. The fourth-order valence-electron chi connectivity index (χ4n) is 2.82. The Morgan fingerprint density at radius 3 is 2.62 bits per heavy atom. The summed E-state index contributed by atoms with van der Waals surface area (Å²) in [6.45, 7) is 1.48. The predicted octanol–water partition coefficient (Wildman–Crippen LogP) is 2.75. The van der Waals surface area contributed by atoms with E-state index in [1.54, 1.807) is 18.2 Å². The molecule has 3 rings (SSSR count). The Balaban J connectivity index is 1.63. The molecule has 0 aromatic heterocycles. The number of benzene rings is 2. The summed E-state index contributed by atoms with van der Waals surface area (Å²) in [5.41, 5.74) is 2.33. The third kappa shape index (κ3) is 4.03. The minimum atomic E-state index is -0.657. The van der Waals surface area contributed by atoms with Crippen molar-refractivity contribution >= 4 is 35.1 Å². The third-order valence-corrected chi connectivity index (χ3v) is 4.39. The van der Waals surface area contributed by atoms with Gasteiger partial charge >= 0.3 is 6.03 Å². The van der Waals surface area contributed by atoms with Gasteiger partial charge < -0.3 is 10.6 Å². The van der Waals surface area contributed by atoms with Crippen molar-refractivity contribution in [3.8, 4) is 0 Å². The van der Waals surface area contributed by atoms with Crippen molar-refractivity contribution in [2.24, 2.45) is 0 Å². The first-order chi connectivity index (χ1) is 12.4. The van der Waals surface area contributed by atoms with E-state index in [2.05, 4.69) is 10.6 Å². The van der Waals surface area contributed by atoms with Gasteiger partial charge in [-0.15, -0.1) is 0 Å². The molecule has 1 saturated heterocycles. The molecule has 0 radical (unpaired) electrons. The van der Waals surface area contributed by atoms with Gasteiger partial charge in [0.1, 0.15) is 12.6 Å². The second kappa shape index (κ2) is 7.58. The maximum Gasteiger partial charge on any atom is 0.325 e. The monoisotopic (exact) mass is 371 g/mol. The summed E-state index contributed by atoms with van der Waals surface area (Å²) in [4.78, 5) is 37.7. The van der Waals surface area contributed by atoms with Gasteiger partial charge in [0.05, 0.1) is 0 Å². The van der Waals surface area contributed by atoms with Gasteiger partial charge in [-0.1, -0.05) is 41.9 Å². The van der Waals surface area contributed by atoms with Gasteiger partial charge in [-0.2, -0.15) is 0 Å². The van der Waals surface area contributed by atoms with E-state index in [1.807, 2.05) is 37.3 Å². The van der Waals surface area contributed by atoms with E-state index in [0.717, 1.165) is 16.0 Å². The molecule has 0 bridgehead atoms. The molecule has 0 saturated carbocycles. The van der Waals surface area contributed by atoms with Crippen LogP contribution in [0.4, 0.5) is 10.5 Å². The maximum absolute atomic E-state index is 12.5. The number of nitrogens with zero attached hydrogens (tertiary/aromatic N) is 1. The number of amides is 4. The topological polar surface area (TPSA) is 78.5 Å². The lowest BCUT2D eigenvalue weighted by Crippen LogP contribution is -2.38. The lowest BCUT2D eigenvalue weighted by molar-refractivity contribution is -0.130. The predicted molar refractivity (Wildman–Crippen MR) is 99.0 cm³/mol. The number of hydrogen-bond donors (Lipinski definition) is 2. The van der Waals surface area contributed by atoms with E-state index in [0.29, 0.717) is 17.1 Å². The zero-order valence-corrected chi connectivity index (χ0v) is 14.9. The second-order valence-electron chi connectivity index (χ2n) is 6.12. The Morgan fingerprint density at radius 1 is 1.19 bits per heavy atom. The van der Waals surface area contributed by atoms with Crippen LogP contribution in [0.1, 0.15) is 11.1 Å². The highest BCUT2D eigenvalue weighted by Crippen LogP contribution is 2.20. The Morgan fingerprint density at radius 2 is 1.92 bits per heavy atom. The Hall–Kier alpha value is -2.86. The fraction of sp³-hybridized carbons (Fsp3) is 0.211. The molecular formula is C19H18ClN3O3. The van der Waals surface area contributed by atoms with Gasteiger partial charge in [-0.3, -0.25) is 14.5 Å². The second-order valence-corrected chi connectivity index (χ2v) is 6.56.